The van der Waals surface area contributed by atoms with Crippen molar-refractivity contribution < 1.29 is 18.1 Å². The van der Waals surface area contributed by atoms with Gasteiger partial charge in [0.05, 0.1) is 13.2 Å². The lowest BCUT2D eigenvalue weighted by Gasteiger charge is -2.20. The highest BCUT2D eigenvalue weighted by atomic mass is 31.2. The lowest BCUT2D eigenvalue weighted by molar-refractivity contribution is 0.0999. The number of unbranched alkanes of at least 4 members (excludes halogenated alkanes) is 2. The van der Waals surface area contributed by atoms with Crippen molar-refractivity contribution >= 4 is 7.82 Å². The quantitative estimate of drug-likeness (QED) is 0.341. The maximum atomic E-state index is 12.1. The molecule has 0 amide bonds. The Morgan fingerprint density at radius 2 is 1.76 bits per heavy atom. The summed E-state index contributed by atoms with van der Waals surface area (Å²) >= 11 is 0. The van der Waals surface area contributed by atoms with E-state index >= 15 is 0 Å². The van der Waals surface area contributed by atoms with Crippen molar-refractivity contribution in [2.24, 2.45) is 0 Å². The highest BCUT2D eigenvalue weighted by Crippen LogP contribution is 2.50. The topological polar surface area (TPSA) is 44.8 Å². The van der Waals surface area contributed by atoms with Gasteiger partial charge in [0.2, 0.25) is 0 Å². The van der Waals surface area contributed by atoms with Gasteiger partial charge in [-0.15, -0.1) is 6.42 Å². The fourth-order valence-electron chi connectivity index (χ4n) is 1.32. The van der Waals surface area contributed by atoms with Crippen LogP contribution < -0.4 is 0 Å². The van der Waals surface area contributed by atoms with Gasteiger partial charge in [-0.2, -0.15) is 0 Å². The fraction of sp³-hybridized carbons (Fsp3) is 0.833. The second kappa shape index (κ2) is 9.67. The first-order chi connectivity index (χ1) is 8.11. The van der Waals surface area contributed by atoms with Crippen LogP contribution in [0.15, 0.2) is 0 Å². The molecule has 0 aliphatic heterocycles. The van der Waals surface area contributed by atoms with Crippen molar-refractivity contribution in [3.05, 3.63) is 0 Å². The number of phosphoric ester groups is 1. The molecule has 0 aromatic rings. The van der Waals surface area contributed by atoms with Crippen LogP contribution >= 0.6 is 7.82 Å². The van der Waals surface area contributed by atoms with Crippen molar-refractivity contribution in [1.29, 1.82) is 0 Å². The third kappa shape index (κ3) is 7.57. The predicted octanol–water partition coefficient (Wildman–Crippen LogP) is 3.77. The number of hydrogen-bond donors (Lipinski definition) is 0. The van der Waals surface area contributed by atoms with Crippen LogP contribution in [0.4, 0.5) is 0 Å². The van der Waals surface area contributed by atoms with E-state index in [0.717, 1.165) is 19.3 Å². The highest BCUT2D eigenvalue weighted by molar-refractivity contribution is 7.48. The van der Waals surface area contributed by atoms with Crippen LogP contribution in [0.2, 0.25) is 0 Å². The Morgan fingerprint density at radius 1 is 1.18 bits per heavy atom. The van der Waals surface area contributed by atoms with Gasteiger partial charge in [-0.1, -0.05) is 25.7 Å². The summed E-state index contributed by atoms with van der Waals surface area (Å²) in [5, 5.41) is 0. The molecule has 0 saturated carbocycles. The molecule has 0 spiro atoms. The third-order valence-corrected chi connectivity index (χ3v) is 3.75. The minimum atomic E-state index is -3.48. The summed E-state index contributed by atoms with van der Waals surface area (Å²) in [4.78, 5) is 0. The van der Waals surface area contributed by atoms with Crippen molar-refractivity contribution in [1.82, 2.24) is 0 Å². The van der Waals surface area contributed by atoms with E-state index in [0.29, 0.717) is 6.42 Å². The molecule has 0 bridgehead atoms. The Hall–Kier alpha value is -0.330. The van der Waals surface area contributed by atoms with Gasteiger partial charge in [-0.05, 0) is 26.7 Å². The molecular weight excluding hydrogens is 239 g/mol. The summed E-state index contributed by atoms with van der Waals surface area (Å²) in [5.41, 5.74) is 0. The summed E-state index contributed by atoms with van der Waals surface area (Å²) in [5.74, 6) is 2.48. The van der Waals surface area contributed by atoms with Gasteiger partial charge in [0.15, 0.2) is 0 Å². The van der Waals surface area contributed by atoms with Crippen LogP contribution in [-0.4, -0.2) is 19.3 Å². The van der Waals surface area contributed by atoms with Crippen LogP contribution in [0, 0.1) is 12.3 Å². The normalized spacial score (nSPS) is 13.3. The summed E-state index contributed by atoms with van der Waals surface area (Å²) in [6.45, 7) is 6.11. The third-order valence-electron chi connectivity index (χ3n) is 2.09. The number of hydrogen-bond acceptors (Lipinski definition) is 4. The van der Waals surface area contributed by atoms with Crippen molar-refractivity contribution in [3.63, 3.8) is 0 Å². The maximum absolute atomic E-state index is 12.1. The molecule has 1 atom stereocenters. The van der Waals surface area contributed by atoms with E-state index in [4.69, 9.17) is 20.0 Å². The van der Waals surface area contributed by atoms with Crippen LogP contribution in [0.3, 0.4) is 0 Å². The average Bonchev–Trinajstić information content (AvgIpc) is 2.28. The Bertz CT molecular complexity index is 262. The van der Waals surface area contributed by atoms with Gasteiger partial charge in [-0.3, -0.25) is 13.6 Å². The molecule has 0 N–H and O–H groups in total. The summed E-state index contributed by atoms with van der Waals surface area (Å²) in [6, 6.07) is 0. The van der Waals surface area contributed by atoms with E-state index < -0.39 is 13.9 Å². The van der Waals surface area contributed by atoms with E-state index in [1.54, 1.807) is 13.8 Å². The minimum Gasteiger partial charge on any atom is -0.287 e. The van der Waals surface area contributed by atoms with E-state index in [1.165, 1.54) is 0 Å². The molecule has 5 heteroatoms. The van der Waals surface area contributed by atoms with Gasteiger partial charge in [0.25, 0.3) is 0 Å². The summed E-state index contributed by atoms with van der Waals surface area (Å²) in [6.07, 6.45) is 8.64. The van der Waals surface area contributed by atoms with E-state index in [-0.39, 0.29) is 13.2 Å². The molecular formula is C12H23O4P. The molecule has 0 fully saturated rings. The molecule has 1 unspecified atom stereocenters. The zero-order valence-corrected chi connectivity index (χ0v) is 11.9. The first kappa shape index (κ1) is 16.7. The molecule has 0 rings (SSSR count). The minimum absolute atomic E-state index is 0.267. The van der Waals surface area contributed by atoms with Crippen molar-refractivity contribution in [2.75, 3.05) is 13.2 Å². The predicted molar refractivity (Wildman–Crippen MR) is 68.7 cm³/mol. The van der Waals surface area contributed by atoms with Crippen molar-refractivity contribution in [3.8, 4) is 12.3 Å². The van der Waals surface area contributed by atoms with Crippen LogP contribution in [0.1, 0.15) is 46.5 Å². The van der Waals surface area contributed by atoms with Crippen LogP contribution in [-0.2, 0) is 18.1 Å². The summed E-state index contributed by atoms with van der Waals surface area (Å²) < 4.78 is 27.4. The van der Waals surface area contributed by atoms with Gasteiger partial charge in [-0.25, -0.2) is 4.57 Å². The summed E-state index contributed by atoms with van der Waals surface area (Å²) in [7, 11) is -3.48. The molecule has 17 heavy (non-hydrogen) atoms. The molecule has 0 saturated heterocycles. The Balaban J connectivity index is 4.29. The number of rotatable bonds is 10. The van der Waals surface area contributed by atoms with Gasteiger partial charge >= 0.3 is 7.82 Å². The first-order valence-electron chi connectivity index (χ1n) is 6.15. The largest absolute Gasteiger partial charge is 0.475 e. The highest BCUT2D eigenvalue weighted by Gasteiger charge is 2.28. The second-order valence-corrected chi connectivity index (χ2v) is 5.16. The zero-order chi connectivity index (χ0) is 13.1. The number of terminal acetylenes is 1. The molecule has 0 aliphatic carbocycles. The lowest BCUT2D eigenvalue weighted by atomic mass is 10.1. The van der Waals surface area contributed by atoms with Gasteiger partial charge in [0.1, 0.15) is 6.10 Å². The molecule has 4 nitrogen and oxygen atoms in total. The Morgan fingerprint density at radius 3 is 2.18 bits per heavy atom. The second-order valence-electron chi connectivity index (χ2n) is 3.54. The average molecular weight is 262 g/mol. The van der Waals surface area contributed by atoms with E-state index in [9.17, 15) is 4.57 Å². The molecule has 0 aromatic heterocycles. The van der Waals surface area contributed by atoms with Crippen LogP contribution in [0.25, 0.3) is 0 Å². The van der Waals surface area contributed by atoms with E-state index in [2.05, 4.69) is 12.8 Å². The lowest BCUT2D eigenvalue weighted by Crippen LogP contribution is -2.11. The van der Waals surface area contributed by atoms with Crippen LogP contribution in [0.5, 0.6) is 0 Å². The fourth-order valence-corrected chi connectivity index (χ4v) is 2.62. The monoisotopic (exact) mass is 262 g/mol. The molecule has 100 valence electrons. The van der Waals surface area contributed by atoms with E-state index in [1.807, 2.05) is 0 Å². The smallest absolute Gasteiger partial charge is 0.287 e. The molecule has 0 radical (unpaired) electrons. The molecule has 0 heterocycles. The van der Waals surface area contributed by atoms with Gasteiger partial charge < -0.3 is 0 Å². The standard InChI is InChI=1S/C12H23O4P/c1-5-9-10-11-12(6-2)16-17(13,14-7-3)15-8-4/h2,12H,5,7-11H2,1,3-4H3. The first-order valence-corrected chi connectivity index (χ1v) is 7.61. The molecule has 0 aliphatic rings. The Kier molecular flexibility index (Phi) is 9.49. The Labute approximate surface area is 105 Å². The zero-order valence-electron chi connectivity index (χ0n) is 11.0. The molecule has 0 aromatic carbocycles. The number of phosphoric acid groups is 1. The van der Waals surface area contributed by atoms with Crippen molar-refractivity contribution in [2.45, 2.75) is 52.6 Å². The van der Waals surface area contributed by atoms with Gasteiger partial charge in [0, 0.05) is 0 Å². The maximum Gasteiger partial charge on any atom is 0.475 e. The SMILES string of the molecule is C#CC(CCCCC)OP(=O)(OCC)OCC.